The Labute approximate surface area is 113 Å². The molecule has 0 radical (unpaired) electrons. The molecule has 110 valence electrons. The van der Waals surface area contributed by atoms with E-state index in [1.165, 1.54) is 6.92 Å². The minimum Gasteiger partial charge on any atom is -0.480 e. The Kier molecular flexibility index (Phi) is 4.73. The number of rotatable bonds is 6. The van der Waals surface area contributed by atoms with Crippen molar-refractivity contribution in [3.8, 4) is 0 Å². The van der Waals surface area contributed by atoms with E-state index in [2.05, 4.69) is 0 Å². The third-order valence-corrected chi connectivity index (χ3v) is 3.90. The molecule has 0 bridgehead atoms. The van der Waals surface area contributed by atoms with E-state index in [9.17, 15) is 27.7 Å². The second-order valence-electron chi connectivity index (χ2n) is 3.79. The number of aliphatic carboxylic acids is 1. The summed E-state index contributed by atoms with van der Waals surface area (Å²) in [6.45, 7) is 1.46. The lowest BCUT2D eigenvalue weighted by molar-refractivity contribution is -0.387. The van der Waals surface area contributed by atoms with Crippen molar-refractivity contribution >= 4 is 21.7 Å². The van der Waals surface area contributed by atoms with Crippen LogP contribution in [0.25, 0.3) is 0 Å². The summed E-state index contributed by atoms with van der Waals surface area (Å²) in [4.78, 5) is 19.6. The van der Waals surface area contributed by atoms with Crippen LogP contribution in [0.4, 0.5) is 10.1 Å². The monoisotopic (exact) mass is 306 g/mol. The average Bonchev–Trinajstić information content (AvgIpc) is 2.35. The molecule has 1 aromatic rings. The predicted octanol–water partition coefficient (Wildman–Crippen LogP) is 0.875. The molecule has 10 heteroatoms. The Balaban J connectivity index is 3.13. The molecular weight excluding hydrogens is 295 g/mol. The van der Waals surface area contributed by atoms with Gasteiger partial charge in [-0.05, 0) is 12.5 Å². The molecule has 0 aliphatic rings. The highest BCUT2D eigenvalue weighted by molar-refractivity contribution is 7.89. The number of nitro benzene ring substituents is 1. The van der Waals surface area contributed by atoms with E-state index in [1.807, 2.05) is 4.72 Å². The van der Waals surface area contributed by atoms with Crippen molar-refractivity contribution in [2.75, 3.05) is 0 Å². The third kappa shape index (κ3) is 3.48. The molecule has 20 heavy (non-hydrogen) atoms. The lowest BCUT2D eigenvalue weighted by Gasteiger charge is -2.12. The second-order valence-corrected chi connectivity index (χ2v) is 5.50. The number of nitrogens with zero attached hydrogens (tertiary/aromatic N) is 1. The Morgan fingerprint density at radius 2 is 2.15 bits per heavy atom. The fourth-order valence-electron chi connectivity index (χ4n) is 1.37. The van der Waals surface area contributed by atoms with E-state index in [0.29, 0.717) is 12.1 Å². The number of sulfonamides is 1. The van der Waals surface area contributed by atoms with E-state index in [0.717, 1.165) is 6.07 Å². The zero-order chi connectivity index (χ0) is 15.5. The summed E-state index contributed by atoms with van der Waals surface area (Å²) in [5, 5.41) is 19.2. The van der Waals surface area contributed by atoms with Crippen molar-refractivity contribution in [1.82, 2.24) is 4.72 Å². The molecule has 0 aliphatic heterocycles. The van der Waals surface area contributed by atoms with Crippen molar-refractivity contribution in [2.24, 2.45) is 0 Å². The van der Waals surface area contributed by atoms with Gasteiger partial charge in [0.15, 0.2) is 0 Å². The minimum atomic E-state index is -4.28. The molecular formula is C10H11FN2O6S. The van der Waals surface area contributed by atoms with E-state index < -0.39 is 43.4 Å². The largest absolute Gasteiger partial charge is 0.480 e. The van der Waals surface area contributed by atoms with Crippen molar-refractivity contribution < 1.29 is 27.6 Å². The van der Waals surface area contributed by atoms with Crippen LogP contribution in [-0.4, -0.2) is 30.5 Å². The summed E-state index contributed by atoms with van der Waals surface area (Å²) in [6.07, 6.45) is -0.00989. The highest BCUT2D eigenvalue weighted by atomic mass is 32.2. The van der Waals surface area contributed by atoms with Crippen LogP contribution in [-0.2, 0) is 14.8 Å². The predicted molar refractivity (Wildman–Crippen MR) is 65.1 cm³/mol. The maximum atomic E-state index is 13.4. The Morgan fingerprint density at radius 3 is 2.55 bits per heavy atom. The van der Waals surface area contributed by atoms with Gasteiger partial charge in [-0.3, -0.25) is 14.9 Å². The first-order valence-corrected chi connectivity index (χ1v) is 6.86. The fourth-order valence-corrected chi connectivity index (χ4v) is 2.65. The van der Waals surface area contributed by atoms with Gasteiger partial charge in [-0.15, -0.1) is 0 Å². The number of carboxylic acids is 1. The van der Waals surface area contributed by atoms with Crippen molar-refractivity contribution in [3.63, 3.8) is 0 Å². The van der Waals surface area contributed by atoms with Gasteiger partial charge in [0.25, 0.3) is 0 Å². The Bertz CT molecular complexity index is 645. The molecule has 0 amide bonds. The zero-order valence-electron chi connectivity index (χ0n) is 10.2. The molecule has 0 aromatic heterocycles. The normalized spacial score (nSPS) is 12.9. The summed E-state index contributed by atoms with van der Waals surface area (Å²) in [6, 6.07) is 0.636. The van der Waals surface area contributed by atoms with Gasteiger partial charge in [-0.1, -0.05) is 6.92 Å². The third-order valence-electron chi connectivity index (χ3n) is 2.43. The van der Waals surface area contributed by atoms with Crippen LogP contribution in [0.1, 0.15) is 13.3 Å². The molecule has 8 nitrogen and oxygen atoms in total. The molecule has 1 aromatic carbocycles. The summed E-state index contributed by atoms with van der Waals surface area (Å²) in [5.41, 5.74) is -0.866. The molecule has 0 saturated carbocycles. The summed E-state index contributed by atoms with van der Waals surface area (Å²) in [7, 11) is -4.28. The molecule has 0 unspecified atom stereocenters. The van der Waals surface area contributed by atoms with Gasteiger partial charge in [-0.25, -0.2) is 8.42 Å². The van der Waals surface area contributed by atoms with Crippen molar-refractivity contribution in [1.29, 1.82) is 0 Å². The summed E-state index contributed by atoms with van der Waals surface area (Å²) < 4.78 is 38.9. The second kappa shape index (κ2) is 5.92. The number of hydrogen-bond donors (Lipinski definition) is 2. The average molecular weight is 306 g/mol. The highest BCUT2D eigenvalue weighted by Gasteiger charge is 2.26. The zero-order valence-corrected chi connectivity index (χ0v) is 11.1. The van der Waals surface area contributed by atoms with E-state index >= 15 is 0 Å². The van der Waals surface area contributed by atoms with Crippen LogP contribution in [0.3, 0.4) is 0 Å². The van der Waals surface area contributed by atoms with Gasteiger partial charge in [0.1, 0.15) is 6.04 Å². The van der Waals surface area contributed by atoms with Crippen molar-refractivity contribution in [2.45, 2.75) is 24.3 Å². The van der Waals surface area contributed by atoms with E-state index in [4.69, 9.17) is 5.11 Å². The number of nitrogens with one attached hydrogen (secondary N) is 1. The molecule has 1 rings (SSSR count). The molecule has 0 spiro atoms. The topological polar surface area (TPSA) is 127 Å². The smallest absolute Gasteiger partial charge is 0.321 e. The highest BCUT2D eigenvalue weighted by Crippen LogP contribution is 2.21. The maximum absolute atomic E-state index is 13.4. The molecule has 0 aliphatic carbocycles. The van der Waals surface area contributed by atoms with Crippen LogP contribution in [0, 0.1) is 15.9 Å². The first-order chi connectivity index (χ1) is 9.19. The number of benzene rings is 1. The van der Waals surface area contributed by atoms with Crippen LogP contribution in [0.5, 0.6) is 0 Å². The van der Waals surface area contributed by atoms with Crippen LogP contribution < -0.4 is 4.72 Å². The number of carbonyl (C=O) groups is 1. The standard InChI is InChI=1S/C10H11FN2O6S/c1-2-8(10(14)15)12-20(18,19)6-3-4-9(13(16)17)7(11)5-6/h3-5,8,12H,2H2,1H3,(H,14,15)/t8-/m1/s1. The van der Waals surface area contributed by atoms with E-state index in [1.54, 1.807) is 0 Å². The van der Waals surface area contributed by atoms with Gasteiger partial charge in [0.05, 0.1) is 9.82 Å². The van der Waals surface area contributed by atoms with Gasteiger partial charge in [0.2, 0.25) is 15.8 Å². The van der Waals surface area contributed by atoms with Gasteiger partial charge < -0.3 is 5.11 Å². The quantitative estimate of drug-likeness (QED) is 0.593. The molecule has 1 atom stereocenters. The molecule has 0 saturated heterocycles. The Hall–Kier alpha value is -2.07. The number of hydrogen-bond acceptors (Lipinski definition) is 5. The van der Waals surface area contributed by atoms with Gasteiger partial charge in [0, 0.05) is 12.1 Å². The fraction of sp³-hybridized carbons (Fsp3) is 0.300. The molecule has 0 heterocycles. The lowest BCUT2D eigenvalue weighted by Crippen LogP contribution is -2.40. The summed E-state index contributed by atoms with van der Waals surface area (Å²) >= 11 is 0. The van der Waals surface area contributed by atoms with Gasteiger partial charge >= 0.3 is 11.7 Å². The maximum Gasteiger partial charge on any atom is 0.321 e. The lowest BCUT2D eigenvalue weighted by atomic mass is 10.2. The minimum absolute atomic E-state index is 0.00989. The number of carboxylic acid groups (broad SMARTS) is 1. The van der Waals surface area contributed by atoms with Crippen LogP contribution in [0.2, 0.25) is 0 Å². The number of halogens is 1. The van der Waals surface area contributed by atoms with Crippen LogP contribution in [0.15, 0.2) is 23.1 Å². The van der Waals surface area contributed by atoms with Gasteiger partial charge in [-0.2, -0.15) is 9.11 Å². The first-order valence-electron chi connectivity index (χ1n) is 5.38. The molecule has 2 N–H and O–H groups in total. The van der Waals surface area contributed by atoms with E-state index in [-0.39, 0.29) is 6.42 Å². The van der Waals surface area contributed by atoms with Crippen molar-refractivity contribution in [3.05, 3.63) is 34.1 Å². The summed E-state index contributed by atoms with van der Waals surface area (Å²) in [5.74, 6) is -2.69. The first kappa shape index (κ1) is 16.0. The molecule has 0 fully saturated rings. The Morgan fingerprint density at radius 1 is 1.55 bits per heavy atom. The number of nitro groups is 1. The van der Waals surface area contributed by atoms with Crippen LogP contribution >= 0.6 is 0 Å². The SMILES string of the molecule is CC[C@@H](NS(=O)(=O)c1ccc([N+](=O)[O-])c(F)c1)C(=O)O.